The van der Waals surface area contributed by atoms with Crippen LogP contribution in [0.5, 0.6) is 5.88 Å². The summed E-state index contributed by atoms with van der Waals surface area (Å²) in [6, 6.07) is 0. The number of nitrogens with one attached hydrogen (secondary N) is 1. The highest BCUT2D eigenvalue weighted by Gasteiger charge is 2.12. The average molecular weight is 185 g/mol. The molecule has 1 rings (SSSR count). The molecule has 70 valence electrons. The third-order valence-electron chi connectivity index (χ3n) is 1.17. The van der Waals surface area contributed by atoms with E-state index in [1.807, 2.05) is 5.32 Å². The molecular formula is C5H7N5O3. The van der Waals surface area contributed by atoms with Crippen molar-refractivity contribution < 1.29 is 15.0 Å². The summed E-state index contributed by atoms with van der Waals surface area (Å²) >= 11 is 0. The molecule has 7 N–H and O–H groups in total. The van der Waals surface area contributed by atoms with Crippen LogP contribution in [0.2, 0.25) is 0 Å². The molecule has 8 nitrogen and oxygen atoms in total. The van der Waals surface area contributed by atoms with E-state index < -0.39 is 12.0 Å². The van der Waals surface area contributed by atoms with Gasteiger partial charge in [-0.15, -0.1) is 0 Å². The zero-order valence-corrected chi connectivity index (χ0v) is 6.35. The lowest BCUT2D eigenvalue weighted by Crippen LogP contribution is -2.12. The van der Waals surface area contributed by atoms with Crippen LogP contribution < -0.4 is 16.8 Å². The summed E-state index contributed by atoms with van der Waals surface area (Å²) in [5.41, 5.74) is 10.1. The molecule has 8 heteroatoms. The first kappa shape index (κ1) is 8.84. The van der Waals surface area contributed by atoms with E-state index in [1.54, 1.807) is 0 Å². The normalized spacial score (nSPS) is 9.54. The molecular weight excluding hydrogens is 178 g/mol. The molecule has 0 aliphatic heterocycles. The lowest BCUT2D eigenvalue weighted by atomic mass is 10.4. The fraction of sp³-hybridized carbons (Fsp3) is 0. The third-order valence-corrected chi connectivity index (χ3v) is 1.17. The van der Waals surface area contributed by atoms with Gasteiger partial charge in [0.25, 0.3) is 0 Å². The summed E-state index contributed by atoms with van der Waals surface area (Å²) in [4.78, 5) is 16.9. The van der Waals surface area contributed by atoms with Crippen LogP contribution in [0.4, 0.5) is 22.2 Å². The maximum Gasteiger partial charge on any atom is 0.409 e. The van der Waals surface area contributed by atoms with Crippen LogP contribution >= 0.6 is 0 Å². The standard InChI is InChI=1S/C5H7N5O3/c6-2-1(8-5(12)13)3(11)10-4(7)9-2/h8H,(H,12,13)(H5,6,7,9,10,11). The molecule has 13 heavy (non-hydrogen) atoms. The predicted octanol–water partition coefficient (Wildman–Crippen LogP) is -0.564. The number of anilines is 3. The van der Waals surface area contributed by atoms with E-state index in [0.717, 1.165) is 0 Å². The number of rotatable bonds is 1. The first-order valence-corrected chi connectivity index (χ1v) is 3.12. The van der Waals surface area contributed by atoms with E-state index in [9.17, 15) is 4.79 Å². The fourth-order valence-corrected chi connectivity index (χ4v) is 0.710. The minimum Gasteiger partial charge on any atom is -0.492 e. The number of aromatic hydroxyl groups is 1. The van der Waals surface area contributed by atoms with Crippen molar-refractivity contribution in [3.8, 4) is 5.88 Å². The minimum atomic E-state index is -1.38. The van der Waals surface area contributed by atoms with Crippen molar-refractivity contribution in [2.24, 2.45) is 0 Å². The first-order valence-electron chi connectivity index (χ1n) is 3.12. The zero-order chi connectivity index (χ0) is 10.0. The molecule has 1 heterocycles. The Morgan fingerprint density at radius 2 is 2.00 bits per heavy atom. The molecule has 0 aromatic carbocycles. The number of nitrogen functional groups attached to an aromatic ring is 2. The van der Waals surface area contributed by atoms with Gasteiger partial charge in [0.05, 0.1) is 0 Å². The number of amides is 1. The Balaban J connectivity index is 3.13. The summed E-state index contributed by atoms with van der Waals surface area (Å²) < 4.78 is 0. The predicted molar refractivity (Wildman–Crippen MR) is 44.2 cm³/mol. The van der Waals surface area contributed by atoms with Crippen molar-refractivity contribution in [3.05, 3.63) is 0 Å². The molecule has 0 radical (unpaired) electrons. The van der Waals surface area contributed by atoms with Gasteiger partial charge in [0, 0.05) is 0 Å². The van der Waals surface area contributed by atoms with Crippen LogP contribution in [0, 0.1) is 0 Å². The quantitative estimate of drug-likeness (QED) is 0.393. The Kier molecular flexibility index (Phi) is 2.05. The van der Waals surface area contributed by atoms with Gasteiger partial charge in [-0.1, -0.05) is 0 Å². The Hall–Kier alpha value is -2.25. The average Bonchev–Trinajstić information content (AvgIpc) is 1.96. The largest absolute Gasteiger partial charge is 0.492 e. The number of carboxylic acid groups (broad SMARTS) is 1. The molecule has 0 saturated heterocycles. The van der Waals surface area contributed by atoms with E-state index in [0.29, 0.717) is 0 Å². The number of nitrogens with two attached hydrogens (primary N) is 2. The lowest BCUT2D eigenvalue weighted by molar-refractivity contribution is 0.209. The van der Waals surface area contributed by atoms with Crippen molar-refractivity contribution >= 4 is 23.5 Å². The van der Waals surface area contributed by atoms with Crippen molar-refractivity contribution in [1.29, 1.82) is 0 Å². The topological polar surface area (TPSA) is 147 Å². The van der Waals surface area contributed by atoms with Gasteiger partial charge in [-0.3, -0.25) is 5.32 Å². The highest BCUT2D eigenvalue weighted by molar-refractivity contribution is 5.88. The zero-order valence-electron chi connectivity index (χ0n) is 6.35. The molecule has 0 bridgehead atoms. The highest BCUT2D eigenvalue weighted by Crippen LogP contribution is 2.26. The second-order valence-electron chi connectivity index (χ2n) is 2.10. The number of aromatic nitrogens is 2. The van der Waals surface area contributed by atoms with Gasteiger partial charge in [0.15, 0.2) is 5.82 Å². The molecule has 1 amide bonds. The van der Waals surface area contributed by atoms with E-state index in [1.165, 1.54) is 0 Å². The molecule has 0 spiro atoms. The minimum absolute atomic E-state index is 0.229. The molecule has 0 unspecified atom stereocenters. The van der Waals surface area contributed by atoms with E-state index in [-0.39, 0.29) is 17.5 Å². The Morgan fingerprint density at radius 3 is 2.46 bits per heavy atom. The number of hydrogen-bond acceptors (Lipinski definition) is 6. The van der Waals surface area contributed by atoms with Crippen LogP contribution in [0.1, 0.15) is 0 Å². The van der Waals surface area contributed by atoms with Gasteiger partial charge >= 0.3 is 6.09 Å². The van der Waals surface area contributed by atoms with Crippen molar-refractivity contribution in [1.82, 2.24) is 9.97 Å². The van der Waals surface area contributed by atoms with Gasteiger partial charge in [-0.05, 0) is 0 Å². The van der Waals surface area contributed by atoms with Gasteiger partial charge < -0.3 is 21.7 Å². The van der Waals surface area contributed by atoms with Crippen LogP contribution in [-0.2, 0) is 0 Å². The number of carbonyl (C=O) groups is 1. The molecule has 0 aliphatic carbocycles. The van der Waals surface area contributed by atoms with Gasteiger partial charge in [-0.25, -0.2) is 4.79 Å². The van der Waals surface area contributed by atoms with Crippen LogP contribution in [0.15, 0.2) is 0 Å². The number of nitrogens with zero attached hydrogens (tertiary/aromatic N) is 2. The molecule has 0 fully saturated rings. The van der Waals surface area contributed by atoms with Crippen molar-refractivity contribution in [2.45, 2.75) is 0 Å². The summed E-state index contributed by atoms with van der Waals surface area (Å²) in [5, 5.41) is 19.2. The highest BCUT2D eigenvalue weighted by atomic mass is 16.4. The summed E-state index contributed by atoms with van der Waals surface area (Å²) in [6.07, 6.45) is -1.38. The van der Waals surface area contributed by atoms with Gasteiger partial charge in [0.2, 0.25) is 11.8 Å². The van der Waals surface area contributed by atoms with E-state index >= 15 is 0 Å². The van der Waals surface area contributed by atoms with Crippen molar-refractivity contribution in [3.63, 3.8) is 0 Å². The number of hydrogen-bond donors (Lipinski definition) is 5. The molecule has 0 saturated carbocycles. The van der Waals surface area contributed by atoms with Crippen LogP contribution in [0.3, 0.4) is 0 Å². The Labute approximate surface area is 72.2 Å². The Bertz CT molecular complexity index is 329. The van der Waals surface area contributed by atoms with Crippen LogP contribution in [-0.4, -0.2) is 26.3 Å². The molecule has 1 aromatic heterocycles. The summed E-state index contributed by atoms with van der Waals surface area (Å²) in [5.74, 6) is -1.06. The van der Waals surface area contributed by atoms with E-state index in [2.05, 4.69) is 9.97 Å². The molecule has 0 atom stereocenters. The summed E-state index contributed by atoms with van der Waals surface area (Å²) in [7, 11) is 0. The summed E-state index contributed by atoms with van der Waals surface area (Å²) in [6.45, 7) is 0. The van der Waals surface area contributed by atoms with Gasteiger partial charge in [0.1, 0.15) is 5.69 Å². The first-order chi connectivity index (χ1) is 6.00. The smallest absolute Gasteiger partial charge is 0.409 e. The van der Waals surface area contributed by atoms with Crippen LogP contribution in [0.25, 0.3) is 0 Å². The second kappa shape index (κ2) is 3.01. The molecule has 1 aromatic rings. The van der Waals surface area contributed by atoms with Gasteiger partial charge in [-0.2, -0.15) is 9.97 Å². The second-order valence-corrected chi connectivity index (χ2v) is 2.10. The third kappa shape index (κ3) is 1.86. The van der Waals surface area contributed by atoms with E-state index in [4.69, 9.17) is 21.7 Å². The Morgan fingerprint density at radius 1 is 1.38 bits per heavy atom. The maximum absolute atomic E-state index is 10.2. The lowest BCUT2D eigenvalue weighted by Gasteiger charge is -2.05. The molecule has 0 aliphatic rings. The SMILES string of the molecule is Nc1nc(N)c(NC(=O)O)c(O)n1. The monoisotopic (exact) mass is 185 g/mol. The van der Waals surface area contributed by atoms with Crippen molar-refractivity contribution in [2.75, 3.05) is 16.8 Å². The fourth-order valence-electron chi connectivity index (χ4n) is 0.710. The maximum atomic E-state index is 10.2.